The lowest BCUT2D eigenvalue weighted by atomic mass is 10.2. The molecule has 1 amide bonds. The van der Waals surface area contributed by atoms with Gasteiger partial charge in [0.1, 0.15) is 0 Å². The Balaban J connectivity index is 1.44. The van der Waals surface area contributed by atoms with E-state index in [9.17, 15) is 4.79 Å². The molecule has 0 saturated carbocycles. The fourth-order valence-electron chi connectivity index (χ4n) is 2.91. The number of nitrogens with zero attached hydrogens (tertiary/aromatic N) is 1. The summed E-state index contributed by atoms with van der Waals surface area (Å²) < 4.78 is 0. The number of piperazine rings is 1. The van der Waals surface area contributed by atoms with Crippen LogP contribution in [-0.2, 0) is 4.79 Å². The number of hydrogen-bond acceptors (Lipinski definition) is 4. The zero-order valence-corrected chi connectivity index (χ0v) is 14.3. The van der Waals surface area contributed by atoms with Gasteiger partial charge in [-0.3, -0.25) is 9.69 Å². The number of benzene rings is 1. The minimum Gasteiger partial charge on any atom is -0.358 e. The van der Waals surface area contributed by atoms with Gasteiger partial charge in [-0.1, -0.05) is 18.2 Å². The summed E-state index contributed by atoms with van der Waals surface area (Å²) in [5.74, 6) is 1.01. The van der Waals surface area contributed by atoms with E-state index in [1.807, 2.05) is 6.07 Å². The molecule has 2 aromatic rings. The Labute approximate surface area is 141 Å². The lowest BCUT2D eigenvalue weighted by Gasteiger charge is -2.26. The zero-order valence-electron chi connectivity index (χ0n) is 13.5. The number of aryl methyl sites for hydroxylation is 1. The van der Waals surface area contributed by atoms with E-state index in [1.54, 1.807) is 11.8 Å². The van der Waals surface area contributed by atoms with Crippen LogP contribution in [0.1, 0.15) is 5.69 Å². The number of aromatic amines is 1. The molecule has 2 heterocycles. The van der Waals surface area contributed by atoms with E-state index in [0.29, 0.717) is 13.1 Å². The van der Waals surface area contributed by atoms with Crippen molar-refractivity contribution in [3.8, 4) is 0 Å². The van der Waals surface area contributed by atoms with Crippen molar-refractivity contribution in [2.45, 2.75) is 11.8 Å². The molecule has 5 nitrogen and oxygen atoms in total. The molecule has 0 atom stereocenters. The van der Waals surface area contributed by atoms with Crippen LogP contribution in [0.4, 0.5) is 0 Å². The summed E-state index contributed by atoms with van der Waals surface area (Å²) in [6.45, 7) is 7.18. The van der Waals surface area contributed by atoms with Gasteiger partial charge in [-0.25, -0.2) is 0 Å². The molecular formula is C17H24N4OS. The van der Waals surface area contributed by atoms with Gasteiger partial charge in [0.2, 0.25) is 5.91 Å². The summed E-state index contributed by atoms with van der Waals surface area (Å²) in [4.78, 5) is 18.9. The van der Waals surface area contributed by atoms with Gasteiger partial charge >= 0.3 is 0 Å². The molecule has 1 fully saturated rings. The maximum absolute atomic E-state index is 12.0. The lowest BCUT2D eigenvalue weighted by Crippen LogP contribution is -2.47. The van der Waals surface area contributed by atoms with Gasteiger partial charge in [0.05, 0.1) is 6.54 Å². The summed E-state index contributed by atoms with van der Waals surface area (Å²) in [5, 5.41) is 7.59. The number of amides is 1. The van der Waals surface area contributed by atoms with Crippen molar-refractivity contribution in [2.24, 2.45) is 0 Å². The highest BCUT2D eigenvalue weighted by Gasteiger charge is 2.13. The Hall–Kier alpha value is -1.50. The van der Waals surface area contributed by atoms with Gasteiger partial charge in [-0.2, -0.15) is 0 Å². The fourth-order valence-corrected chi connectivity index (χ4v) is 3.92. The molecule has 23 heavy (non-hydrogen) atoms. The monoisotopic (exact) mass is 332 g/mol. The third kappa shape index (κ3) is 4.28. The predicted molar refractivity (Wildman–Crippen MR) is 96.1 cm³/mol. The lowest BCUT2D eigenvalue weighted by molar-refractivity contribution is -0.122. The quantitative estimate of drug-likeness (QED) is 0.555. The van der Waals surface area contributed by atoms with Crippen molar-refractivity contribution in [3.05, 3.63) is 30.0 Å². The van der Waals surface area contributed by atoms with E-state index in [4.69, 9.17) is 0 Å². The number of para-hydroxylation sites is 1. The van der Waals surface area contributed by atoms with Crippen molar-refractivity contribution in [1.82, 2.24) is 20.5 Å². The molecule has 1 aromatic heterocycles. The van der Waals surface area contributed by atoms with Gasteiger partial charge in [0.25, 0.3) is 0 Å². The normalized spacial score (nSPS) is 15.9. The maximum atomic E-state index is 12.0. The molecular weight excluding hydrogens is 308 g/mol. The van der Waals surface area contributed by atoms with Crippen LogP contribution >= 0.6 is 11.8 Å². The van der Waals surface area contributed by atoms with E-state index >= 15 is 0 Å². The second-order valence-electron chi connectivity index (χ2n) is 5.85. The predicted octanol–water partition coefficient (Wildman–Crippen LogP) is 1.59. The molecule has 0 aliphatic carbocycles. The standard InChI is InChI=1S/C17H24N4OS/c1-13-17(14-4-2-3-5-15(14)20-13)23-11-8-19-16(22)12-21-9-6-18-7-10-21/h2-5,18,20H,6-12H2,1H3,(H,19,22). The largest absolute Gasteiger partial charge is 0.358 e. The first kappa shape index (κ1) is 16.4. The molecule has 124 valence electrons. The summed E-state index contributed by atoms with van der Waals surface area (Å²) in [5.41, 5.74) is 2.37. The van der Waals surface area contributed by atoms with Crippen LogP contribution in [0.25, 0.3) is 10.9 Å². The molecule has 3 N–H and O–H groups in total. The van der Waals surface area contributed by atoms with E-state index < -0.39 is 0 Å². The van der Waals surface area contributed by atoms with Gasteiger partial charge < -0.3 is 15.6 Å². The Kier molecular flexibility index (Phi) is 5.59. The first-order valence-electron chi connectivity index (χ1n) is 8.14. The summed E-state index contributed by atoms with van der Waals surface area (Å²) >= 11 is 1.80. The number of hydrogen-bond donors (Lipinski definition) is 3. The van der Waals surface area contributed by atoms with E-state index in [0.717, 1.165) is 31.9 Å². The van der Waals surface area contributed by atoms with Crippen molar-refractivity contribution in [3.63, 3.8) is 0 Å². The molecule has 6 heteroatoms. The molecule has 0 radical (unpaired) electrons. The first-order chi connectivity index (χ1) is 11.2. The molecule has 1 saturated heterocycles. The summed E-state index contributed by atoms with van der Waals surface area (Å²) in [7, 11) is 0. The number of fused-ring (bicyclic) bond motifs is 1. The maximum Gasteiger partial charge on any atom is 0.234 e. The Morgan fingerprint density at radius 1 is 1.30 bits per heavy atom. The molecule has 1 aromatic carbocycles. The Morgan fingerprint density at radius 3 is 2.91 bits per heavy atom. The third-order valence-corrected chi connectivity index (χ3v) is 5.30. The molecule has 0 spiro atoms. The smallest absolute Gasteiger partial charge is 0.234 e. The summed E-state index contributed by atoms with van der Waals surface area (Å²) in [6, 6.07) is 8.35. The number of aromatic nitrogens is 1. The van der Waals surface area contributed by atoms with Crippen LogP contribution in [0.2, 0.25) is 0 Å². The van der Waals surface area contributed by atoms with Crippen molar-refractivity contribution in [2.75, 3.05) is 45.0 Å². The second kappa shape index (κ2) is 7.86. The van der Waals surface area contributed by atoms with Gasteiger partial charge in [0.15, 0.2) is 0 Å². The zero-order chi connectivity index (χ0) is 16.1. The van der Waals surface area contributed by atoms with Crippen LogP contribution in [0.5, 0.6) is 0 Å². The minimum absolute atomic E-state index is 0.128. The number of nitrogens with one attached hydrogen (secondary N) is 3. The van der Waals surface area contributed by atoms with Crippen LogP contribution in [-0.4, -0.2) is 60.8 Å². The van der Waals surface area contributed by atoms with Gasteiger partial charge in [-0.05, 0) is 13.0 Å². The van der Waals surface area contributed by atoms with Gasteiger partial charge in [0, 0.05) is 60.0 Å². The molecule has 1 aliphatic rings. The highest BCUT2D eigenvalue weighted by Crippen LogP contribution is 2.30. The number of rotatable bonds is 6. The average molecular weight is 332 g/mol. The van der Waals surface area contributed by atoms with E-state index in [2.05, 4.69) is 45.6 Å². The minimum atomic E-state index is 0.128. The third-order valence-electron chi connectivity index (χ3n) is 4.08. The number of thioether (sulfide) groups is 1. The van der Waals surface area contributed by atoms with Crippen LogP contribution in [0, 0.1) is 6.92 Å². The topological polar surface area (TPSA) is 60.2 Å². The van der Waals surface area contributed by atoms with Crippen molar-refractivity contribution in [1.29, 1.82) is 0 Å². The first-order valence-corrected chi connectivity index (χ1v) is 9.12. The Bertz CT molecular complexity index is 664. The molecule has 0 unspecified atom stereocenters. The number of carbonyl (C=O) groups is 1. The van der Waals surface area contributed by atoms with Crippen molar-refractivity contribution >= 4 is 28.6 Å². The highest BCUT2D eigenvalue weighted by atomic mass is 32.2. The number of carbonyl (C=O) groups excluding carboxylic acids is 1. The molecule has 3 rings (SSSR count). The van der Waals surface area contributed by atoms with Crippen LogP contribution in [0.3, 0.4) is 0 Å². The van der Waals surface area contributed by atoms with Crippen molar-refractivity contribution < 1.29 is 4.79 Å². The average Bonchev–Trinajstić information content (AvgIpc) is 2.88. The summed E-state index contributed by atoms with van der Waals surface area (Å²) in [6.07, 6.45) is 0. The van der Waals surface area contributed by atoms with Gasteiger partial charge in [-0.15, -0.1) is 11.8 Å². The van der Waals surface area contributed by atoms with E-state index in [-0.39, 0.29) is 5.91 Å². The molecule has 1 aliphatic heterocycles. The SMILES string of the molecule is Cc1[nH]c2ccccc2c1SCCNC(=O)CN1CCNCC1. The molecule has 0 bridgehead atoms. The van der Waals surface area contributed by atoms with Crippen LogP contribution in [0.15, 0.2) is 29.2 Å². The van der Waals surface area contributed by atoms with Crippen LogP contribution < -0.4 is 10.6 Å². The highest BCUT2D eigenvalue weighted by molar-refractivity contribution is 7.99. The Morgan fingerprint density at radius 2 is 2.09 bits per heavy atom. The number of H-pyrrole nitrogens is 1. The second-order valence-corrected chi connectivity index (χ2v) is 6.95. The fraction of sp³-hybridized carbons (Fsp3) is 0.471. The van der Waals surface area contributed by atoms with E-state index in [1.165, 1.54) is 21.5 Å².